The van der Waals surface area contributed by atoms with E-state index in [0.29, 0.717) is 12.5 Å². The third-order valence-corrected chi connectivity index (χ3v) is 6.64. The highest BCUT2D eigenvalue weighted by atomic mass is 32.2. The van der Waals surface area contributed by atoms with Gasteiger partial charge in [0.1, 0.15) is 5.82 Å². The molecule has 1 saturated carbocycles. The summed E-state index contributed by atoms with van der Waals surface area (Å²) in [6.07, 6.45) is 6.03. The monoisotopic (exact) mass is 413 g/mol. The maximum atomic E-state index is 12.9. The van der Waals surface area contributed by atoms with Crippen molar-refractivity contribution in [3.05, 3.63) is 41.2 Å². The Morgan fingerprint density at radius 1 is 1.28 bits per heavy atom. The number of nitrogens with two attached hydrogens (primary N) is 1. The summed E-state index contributed by atoms with van der Waals surface area (Å²) in [6.45, 7) is 1.91. The Labute approximate surface area is 174 Å². The first-order valence-corrected chi connectivity index (χ1v) is 11.2. The second-order valence-electron chi connectivity index (χ2n) is 7.88. The van der Waals surface area contributed by atoms with Gasteiger partial charge in [-0.3, -0.25) is 9.59 Å². The van der Waals surface area contributed by atoms with Gasteiger partial charge in [-0.25, -0.2) is 0 Å². The quantitative estimate of drug-likeness (QED) is 0.648. The van der Waals surface area contributed by atoms with Gasteiger partial charge in [0.2, 0.25) is 11.8 Å². The van der Waals surface area contributed by atoms with Crippen LogP contribution in [0.4, 0.5) is 0 Å². The molecule has 0 bridgehead atoms. The number of nitrogens with one attached hydrogen (secondary N) is 1. The lowest BCUT2D eigenvalue weighted by atomic mass is 9.88. The van der Waals surface area contributed by atoms with E-state index >= 15 is 0 Å². The van der Waals surface area contributed by atoms with E-state index in [0.717, 1.165) is 43.1 Å². The predicted molar refractivity (Wildman–Crippen MR) is 111 cm³/mol. The third kappa shape index (κ3) is 4.63. The lowest BCUT2D eigenvalue weighted by Gasteiger charge is -2.27. The van der Waals surface area contributed by atoms with Gasteiger partial charge in [0.05, 0.1) is 11.3 Å². The van der Waals surface area contributed by atoms with Crippen molar-refractivity contribution >= 4 is 23.6 Å². The van der Waals surface area contributed by atoms with Crippen molar-refractivity contribution in [2.45, 2.75) is 74.4 Å². The van der Waals surface area contributed by atoms with Gasteiger partial charge in [-0.15, -0.1) is 10.2 Å². The Morgan fingerprint density at radius 2 is 2.07 bits per heavy atom. The van der Waals surface area contributed by atoms with Gasteiger partial charge < -0.3 is 15.6 Å². The van der Waals surface area contributed by atoms with Crippen molar-refractivity contribution in [3.8, 4) is 0 Å². The molecule has 0 spiro atoms. The molecule has 8 heteroatoms. The second-order valence-corrected chi connectivity index (χ2v) is 9.19. The fraction of sp³-hybridized carbons (Fsp3) is 0.524. The predicted octanol–water partition coefficient (Wildman–Crippen LogP) is 2.71. The summed E-state index contributed by atoms with van der Waals surface area (Å²) in [5.74, 6) is 0.452. The zero-order valence-corrected chi connectivity index (χ0v) is 17.5. The number of thioether (sulfide) groups is 1. The molecule has 0 saturated heterocycles. The number of aryl methyl sites for hydroxylation is 2. The number of hydrogen-bond acceptors (Lipinski definition) is 5. The number of rotatable bonds is 8. The maximum Gasteiger partial charge on any atom is 0.233 e. The Bertz CT molecular complexity index is 908. The summed E-state index contributed by atoms with van der Waals surface area (Å²) in [6, 6.07) is 8.80. The number of primary amides is 1. The largest absolute Gasteiger partial charge is 0.370 e. The molecule has 2 aliphatic rings. The highest BCUT2D eigenvalue weighted by Crippen LogP contribution is 2.40. The van der Waals surface area contributed by atoms with E-state index < -0.39 is 0 Å². The van der Waals surface area contributed by atoms with E-state index in [2.05, 4.69) is 38.3 Å². The van der Waals surface area contributed by atoms with Crippen molar-refractivity contribution in [2.75, 3.05) is 0 Å². The highest BCUT2D eigenvalue weighted by molar-refractivity contribution is 8.00. The lowest BCUT2D eigenvalue weighted by Crippen LogP contribution is -2.36. The van der Waals surface area contributed by atoms with E-state index in [-0.39, 0.29) is 29.5 Å². The van der Waals surface area contributed by atoms with Crippen LogP contribution in [0, 0.1) is 0 Å². The minimum atomic E-state index is -0.343. The van der Waals surface area contributed by atoms with Crippen LogP contribution in [0.3, 0.4) is 0 Å². The average molecular weight is 414 g/mol. The molecule has 2 atom stereocenters. The number of carbonyl (C=O) groups is 2. The van der Waals surface area contributed by atoms with E-state index in [9.17, 15) is 9.59 Å². The molecule has 154 valence electrons. The van der Waals surface area contributed by atoms with Crippen LogP contribution < -0.4 is 11.1 Å². The molecule has 2 aliphatic carbocycles. The minimum Gasteiger partial charge on any atom is -0.370 e. The van der Waals surface area contributed by atoms with E-state index in [1.165, 1.54) is 22.9 Å². The minimum absolute atomic E-state index is 0.0146. The average Bonchev–Trinajstić information content (AvgIpc) is 3.47. The highest BCUT2D eigenvalue weighted by Gasteiger charge is 2.31. The molecule has 3 N–H and O–H groups in total. The van der Waals surface area contributed by atoms with Crippen LogP contribution in [0.2, 0.25) is 0 Å². The number of amides is 2. The lowest BCUT2D eigenvalue weighted by molar-refractivity contribution is -0.121. The third-order valence-electron chi connectivity index (χ3n) is 5.58. The summed E-state index contributed by atoms with van der Waals surface area (Å²) in [5.41, 5.74) is 7.84. The summed E-state index contributed by atoms with van der Waals surface area (Å²) >= 11 is 1.43. The van der Waals surface area contributed by atoms with Crippen molar-refractivity contribution in [1.82, 2.24) is 20.1 Å². The van der Waals surface area contributed by atoms with Crippen LogP contribution in [0.5, 0.6) is 0 Å². The first kappa shape index (κ1) is 19.9. The molecular weight excluding hydrogens is 386 g/mol. The summed E-state index contributed by atoms with van der Waals surface area (Å²) in [7, 11) is 0. The Kier molecular flexibility index (Phi) is 5.89. The van der Waals surface area contributed by atoms with Crippen molar-refractivity contribution in [3.63, 3.8) is 0 Å². The standard InChI is InChI=1S/C21H27N5O2S/c1-13(20(28)23-17-8-4-6-14-5-2-3-7-16(14)17)29-21-25-24-19(12-11-18(22)27)26(21)15-9-10-15/h2-3,5,7,13,15,17H,4,6,8-12H2,1H3,(H2,22,27)(H,23,28)/t13-,17+/m0/s1. The van der Waals surface area contributed by atoms with E-state index in [4.69, 9.17) is 5.73 Å². The molecule has 2 aromatic rings. The zero-order valence-electron chi connectivity index (χ0n) is 16.6. The molecule has 29 heavy (non-hydrogen) atoms. The molecule has 1 heterocycles. The normalized spacial score (nSPS) is 19.4. The molecule has 4 rings (SSSR count). The topological polar surface area (TPSA) is 103 Å². The molecule has 1 aromatic heterocycles. The fourth-order valence-corrected chi connectivity index (χ4v) is 4.84. The van der Waals surface area contributed by atoms with Gasteiger partial charge in [0.25, 0.3) is 0 Å². The molecule has 0 unspecified atom stereocenters. The second kappa shape index (κ2) is 8.57. The van der Waals surface area contributed by atoms with E-state index in [1.54, 1.807) is 0 Å². The smallest absolute Gasteiger partial charge is 0.233 e. The molecule has 1 fully saturated rings. The summed E-state index contributed by atoms with van der Waals surface area (Å²) in [5, 5.41) is 12.3. The van der Waals surface area contributed by atoms with Crippen LogP contribution in [-0.4, -0.2) is 31.8 Å². The first-order chi connectivity index (χ1) is 14.0. The zero-order chi connectivity index (χ0) is 20.4. The first-order valence-electron chi connectivity index (χ1n) is 10.3. The van der Waals surface area contributed by atoms with Crippen LogP contribution >= 0.6 is 11.8 Å². The number of aromatic nitrogens is 3. The van der Waals surface area contributed by atoms with Crippen molar-refractivity contribution in [1.29, 1.82) is 0 Å². The van der Waals surface area contributed by atoms with Crippen molar-refractivity contribution < 1.29 is 9.59 Å². The number of hydrogen-bond donors (Lipinski definition) is 2. The number of benzene rings is 1. The summed E-state index contributed by atoms with van der Waals surface area (Å²) < 4.78 is 2.09. The Morgan fingerprint density at radius 3 is 2.83 bits per heavy atom. The number of fused-ring (bicyclic) bond motifs is 1. The summed E-state index contributed by atoms with van der Waals surface area (Å²) in [4.78, 5) is 24.0. The molecule has 7 nitrogen and oxygen atoms in total. The van der Waals surface area contributed by atoms with Crippen molar-refractivity contribution in [2.24, 2.45) is 5.73 Å². The molecule has 1 aromatic carbocycles. The van der Waals surface area contributed by atoms with Crippen LogP contribution in [0.1, 0.15) is 68.1 Å². The number of nitrogens with zero attached hydrogens (tertiary/aromatic N) is 3. The maximum absolute atomic E-state index is 12.9. The molecule has 0 aliphatic heterocycles. The van der Waals surface area contributed by atoms with E-state index in [1.807, 2.05) is 13.0 Å². The van der Waals surface area contributed by atoms with Crippen LogP contribution in [0.25, 0.3) is 0 Å². The molecular formula is C21H27N5O2S. The number of carbonyl (C=O) groups excluding carboxylic acids is 2. The van der Waals surface area contributed by atoms with Gasteiger partial charge >= 0.3 is 0 Å². The van der Waals surface area contributed by atoms with Gasteiger partial charge in [0, 0.05) is 18.9 Å². The SMILES string of the molecule is C[C@H](Sc1nnc(CCC(N)=O)n1C1CC1)C(=O)N[C@@H]1CCCc2ccccc21. The van der Waals surface area contributed by atoms with Crippen LogP contribution in [0.15, 0.2) is 29.4 Å². The molecule has 0 radical (unpaired) electrons. The van der Waals surface area contributed by atoms with Gasteiger partial charge in [-0.1, -0.05) is 36.0 Å². The Balaban J connectivity index is 1.42. The Hall–Kier alpha value is -2.35. The van der Waals surface area contributed by atoms with Gasteiger partial charge in [0.15, 0.2) is 5.16 Å². The fourth-order valence-electron chi connectivity index (χ4n) is 3.90. The van der Waals surface area contributed by atoms with Crippen LogP contribution in [-0.2, 0) is 22.4 Å². The van der Waals surface area contributed by atoms with Gasteiger partial charge in [-0.05, 0) is 50.2 Å². The molecule has 2 amide bonds. The van der Waals surface area contributed by atoms with Gasteiger partial charge in [-0.2, -0.15) is 0 Å².